The maximum Gasteiger partial charge on any atom is 0.315 e. The van der Waals surface area contributed by atoms with Crippen molar-refractivity contribution in [3.05, 3.63) is 12.7 Å². The number of urea groups is 1. The van der Waals surface area contributed by atoms with Crippen LogP contribution < -0.4 is 21.3 Å². The molecule has 13 heteroatoms. The third kappa shape index (κ3) is 10.6. The molecule has 2 heterocycles. The van der Waals surface area contributed by atoms with E-state index in [4.69, 9.17) is 0 Å². The molecule has 2 aliphatic heterocycles. The summed E-state index contributed by atoms with van der Waals surface area (Å²) < 4.78 is 0. The fourth-order valence-corrected chi connectivity index (χ4v) is 6.13. The highest BCUT2D eigenvalue weighted by Gasteiger charge is 2.48. The van der Waals surface area contributed by atoms with Crippen LogP contribution in [0.4, 0.5) is 4.79 Å². The van der Waals surface area contributed by atoms with Crippen molar-refractivity contribution in [2.24, 2.45) is 22.7 Å². The zero-order chi connectivity index (χ0) is 36.6. The topological polar surface area (TPSA) is 174 Å². The van der Waals surface area contributed by atoms with Gasteiger partial charge in [0.25, 0.3) is 5.91 Å². The minimum atomic E-state index is -1.06. The van der Waals surface area contributed by atoms with Crippen LogP contribution in [0, 0.1) is 22.7 Å². The fraction of sp³-hybridized carbons (Fsp3) is 0.743. The lowest BCUT2D eigenvalue weighted by atomic mass is 9.84. The number of Topliss-reactive ketones (excluding diaryl/α,β-unsaturated/α-hetero) is 1. The summed E-state index contributed by atoms with van der Waals surface area (Å²) in [4.78, 5) is 94.7. The molecule has 2 aliphatic rings. The quantitative estimate of drug-likeness (QED) is 0.117. The highest BCUT2D eigenvalue weighted by molar-refractivity contribution is 6.38. The SMILES string of the molecule is C=CCNC(=O)C(=O)C(CCCC)NC(=O)[C@@H]1C(C(C)C)CCN1C(=O)[C@@H](NC(=O)N[C@H](CN1C(=O)CCC1=O)C(C)(C)C)C(C)(C)C. The molecule has 270 valence electrons. The second-order valence-electron chi connectivity index (χ2n) is 15.5. The molecule has 2 fully saturated rings. The Morgan fingerprint density at radius 3 is 2.04 bits per heavy atom. The molecule has 0 spiro atoms. The van der Waals surface area contributed by atoms with Crippen molar-refractivity contribution in [1.29, 1.82) is 0 Å². The fourth-order valence-electron chi connectivity index (χ4n) is 6.13. The predicted octanol–water partition coefficient (Wildman–Crippen LogP) is 2.68. The first-order valence-corrected chi connectivity index (χ1v) is 17.2. The Hall–Kier alpha value is -3.77. The monoisotopic (exact) mass is 674 g/mol. The first-order valence-electron chi connectivity index (χ1n) is 17.2. The van der Waals surface area contributed by atoms with Crippen molar-refractivity contribution in [2.45, 2.75) is 125 Å². The van der Waals surface area contributed by atoms with Crippen molar-refractivity contribution in [3.63, 3.8) is 0 Å². The van der Waals surface area contributed by atoms with Gasteiger partial charge in [-0.2, -0.15) is 0 Å². The molecule has 4 N–H and O–H groups in total. The van der Waals surface area contributed by atoms with Gasteiger partial charge < -0.3 is 26.2 Å². The van der Waals surface area contributed by atoms with Crippen molar-refractivity contribution in [1.82, 2.24) is 31.1 Å². The van der Waals surface area contributed by atoms with Gasteiger partial charge in [-0.1, -0.05) is 81.2 Å². The number of unbranched alkanes of at least 4 members (excludes halogenated alkanes) is 1. The Balaban J connectivity index is 2.34. The molecule has 0 saturated carbocycles. The minimum Gasteiger partial charge on any atom is -0.346 e. The summed E-state index contributed by atoms with van der Waals surface area (Å²) in [6.45, 7) is 20.9. The Kier molecular flexibility index (Phi) is 14.4. The minimum absolute atomic E-state index is 0.0106. The summed E-state index contributed by atoms with van der Waals surface area (Å²) in [6.07, 6.45) is 3.90. The second kappa shape index (κ2) is 17.1. The summed E-state index contributed by atoms with van der Waals surface area (Å²) >= 11 is 0. The number of hydrogen-bond donors (Lipinski definition) is 4. The molecule has 0 aromatic rings. The smallest absolute Gasteiger partial charge is 0.315 e. The Bertz CT molecular complexity index is 1220. The lowest BCUT2D eigenvalue weighted by molar-refractivity contribution is -0.144. The predicted molar refractivity (Wildman–Crippen MR) is 182 cm³/mol. The van der Waals surface area contributed by atoms with Crippen molar-refractivity contribution >= 4 is 41.4 Å². The number of likely N-dealkylation sites (tertiary alicyclic amines) is 2. The van der Waals surface area contributed by atoms with Gasteiger partial charge in [-0.25, -0.2) is 4.79 Å². The number of ketones is 1. The standard InChI is InChI=1S/C35H58N6O7/c1-11-13-14-23(28(44)31(46)36-18-12-2)37-30(45)27-22(21(3)4)17-19-40(27)32(47)29(35(8,9)10)39-33(48)38-24(34(5,6)7)20-41-25(42)15-16-26(41)43/h12,21-24,27,29H,2,11,13-20H2,1,3-10H3,(H,36,46)(H,37,45)(H2,38,39,48)/t22?,23?,24-,27+,29-/m1/s1. The second-order valence-corrected chi connectivity index (χ2v) is 15.5. The van der Waals surface area contributed by atoms with Crippen LogP contribution in [-0.2, 0) is 28.8 Å². The number of rotatable bonds is 15. The van der Waals surface area contributed by atoms with Crippen LogP contribution >= 0.6 is 0 Å². The van der Waals surface area contributed by atoms with Gasteiger partial charge in [0.05, 0.1) is 12.1 Å². The van der Waals surface area contributed by atoms with Crippen LogP contribution in [0.2, 0.25) is 0 Å². The maximum absolute atomic E-state index is 14.3. The van der Waals surface area contributed by atoms with E-state index in [9.17, 15) is 33.6 Å². The van der Waals surface area contributed by atoms with E-state index in [1.54, 1.807) is 0 Å². The van der Waals surface area contributed by atoms with Crippen molar-refractivity contribution < 1.29 is 33.6 Å². The van der Waals surface area contributed by atoms with E-state index in [-0.39, 0.29) is 62.5 Å². The van der Waals surface area contributed by atoms with Gasteiger partial charge in [0.15, 0.2) is 0 Å². The van der Waals surface area contributed by atoms with Crippen LogP contribution in [0.3, 0.4) is 0 Å². The Morgan fingerprint density at radius 1 is 0.938 bits per heavy atom. The normalized spacial score (nSPS) is 20.3. The average Bonchev–Trinajstić information content (AvgIpc) is 3.58. The molecule has 0 aliphatic carbocycles. The first-order chi connectivity index (χ1) is 22.2. The van der Waals surface area contributed by atoms with E-state index in [1.807, 2.05) is 62.3 Å². The lowest BCUT2D eigenvalue weighted by Gasteiger charge is -2.38. The highest BCUT2D eigenvalue weighted by Crippen LogP contribution is 2.33. The van der Waals surface area contributed by atoms with Gasteiger partial charge in [0, 0.05) is 32.5 Å². The molecule has 2 rings (SSSR count). The zero-order valence-corrected chi connectivity index (χ0v) is 30.4. The van der Waals surface area contributed by atoms with E-state index in [1.165, 1.54) is 15.9 Å². The summed E-state index contributed by atoms with van der Waals surface area (Å²) in [5, 5.41) is 11.0. The summed E-state index contributed by atoms with van der Waals surface area (Å²) in [6, 6.07) is -4.26. The number of nitrogens with one attached hydrogen (secondary N) is 4. The third-order valence-corrected chi connectivity index (χ3v) is 9.22. The van der Waals surface area contributed by atoms with E-state index < -0.39 is 64.5 Å². The van der Waals surface area contributed by atoms with Crippen LogP contribution in [0.1, 0.15) is 101 Å². The first kappa shape index (κ1) is 40.4. The number of carbonyl (C=O) groups excluding carboxylic acids is 7. The highest BCUT2D eigenvalue weighted by atomic mass is 16.2. The van der Waals surface area contributed by atoms with Gasteiger partial charge in [-0.05, 0) is 35.5 Å². The molecule has 0 aromatic heterocycles. The molecule has 48 heavy (non-hydrogen) atoms. The number of imide groups is 1. The van der Waals surface area contributed by atoms with E-state index >= 15 is 0 Å². The Morgan fingerprint density at radius 2 is 1.54 bits per heavy atom. The van der Waals surface area contributed by atoms with Gasteiger partial charge >= 0.3 is 6.03 Å². The molecule has 0 radical (unpaired) electrons. The molecular weight excluding hydrogens is 616 g/mol. The lowest BCUT2D eigenvalue weighted by Crippen LogP contribution is -2.62. The van der Waals surface area contributed by atoms with Gasteiger partial charge in [-0.3, -0.25) is 33.7 Å². The van der Waals surface area contributed by atoms with E-state index in [0.717, 1.165) is 6.42 Å². The third-order valence-electron chi connectivity index (χ3n) is 9.22. The molecule has 5 atom stereocenters. The molecule has 0 bridgehead atoms. The van der Waals surface area contributed by atoms with Crippen molar-refractivity contribution in [3.8, 4) is 0 Å². The van der Waals surface area contributed by atoms with Crippen LogP contribution in [0.15, 0.2) is 12.7 Å². The van der Waals surface area contributed by atoms with Crippen molar-refractivity contribution in [2.75, 3.05) is 19.6 Å². The zero-order valence-electron chi connectivity index (χ0n) is 30.4. The number of nitrogens with zero attached hydrogens (tertiary/aromatic N) is 2. The van der Waals surface area contributed by atoms with E-state index in [0.29, 0.717) is 12.8 Å². The number of carbonyl (C=O) groups is 7. The summed E-state index contributed by atoms with van der Waals surface area (Å²) in [7, 11) is 0. The van der Waals surface area contributed by atoms with Gasteiger partial charge in [0.2, 0.25) is 29.4 Å². The molecule has 7 amide bonds. The summed E-state index contributed by atoms with van der Waals surface area (Å²) in [5.74, 6) is -3.30. The van der Waals surface area contributed by atoms with Gasteiger partial charge in [-0.15, -0.1) is 6.58 Å². The number of amides is 7. The average molecular weight is 675 g/mol. The summed E-state index contributed by atoms with van der Waals surface area (Å²) in [5.41, 5.74) is -1.30. The van der Waals surface area contributed by atoms with Crippen LogP contribution in [0.25, 0.3) is 0 Å². The van der Waals surface area contributed by atoms with Crippen LogP contribution in [-0.4, -0.2) is 95.0 Å². The van der Waals surface area contributed by atoms with E-state index in [2.05, 4.69) is 27.8 Å². The number of hydrogen-bond acceptors (Lipinski definition) is 7. The molecule has 0 aromatic carbocycles. The van der Waals surface area contributed by atoms with Crippen LogP contribution in [0.5, 0.6) is 0 Å². The molecule has 2 unspecified atom stereocenters. The maximum atomic E-state index is 14.3. The molecule has 13 nitrogen and oxygen atoms in total. The van der Waals surface area contributed by atoms with Gasteiger partial charge in [0.1, 0.15) is 12.1 Å². The Labute approximate surface area is 285 Å². The molecular formula is C35H58N6O7. The molecule has 2 saturated heterocycles. The largest absolute Gasteiger partial charge is 0.346 e.